The number of hydrogen-bond donors (Lipinski definition) is 1. The van der Waals surface area contributed by atoms with Gasteiger partial charge in [0.15, 0.2) is 6.61 Å². The van der Waals surface area contributed by atoms with Gasteiger partial charge in [-0.1, -0.05) is 6.07 Å². The van der Waals surface area contributed by atoms with E-state index in [-0.39, 0.29) is 30.7 Å². The highest BCUT2D eigenvalue weighted by atomic mass is 16.6. The van der Waals surface area contributed by atoms with Gasteiger partial charge in [-0.2, -0.15) is 0 Å². The molecular weight excluding hydrogens is 352 g/mol. The first-order chi connectivity index (χ1) is 13.1. The molecule has 1 unspecified atom stereocenters. The number of nitrogens with zero attached hydrogens (tertiary/aromatic N) is 1. The zero-order valence-electron chi connectivity index (χ0n) is 15.1. The highest BCUT2D eigenvalue weighted by Gasteiger charge is 2.17. The van der Waals surface area contributed by atoms with E-state index in [1.54, 1.807) is 30.5 Å². The highest BCUT2D eigenvalue weighted by molar-refractivity contribution is 5.88. The lowest BCUT2D eigenvalue weighted by Gasteiger charge is -2.13. The van der Waals surface area contributed by atoms with Crippen molar-refractivity contribution in [1.29, 1.82) is 0 Å². The zero-order chi connectivity index (χ0) is 19.2. The molecule has 0 aliphatic carbocycles. The fourth-order valence-corrected chi connectivity index (χ4v) is 2.98. The van der Waals surface area contributed by atoms with Crippen LogP contribution in [0, 0.1) is 0 Å². The van der Waals surface area contributed by atoms with Crippen molar-refractivity contribution in [2.45, 2.75) is 25.5 Å². The van der Waals surface area contributed by atoms with E-state index < -0.39 is 5.97 Å². The van der Waals surface area contributed by atoms with Crippen LogP contribution in [-0.4, -0.2) is 49.4 Å². The van der Waals surface area contributed by atoms with Crippen LogP contribution in [0.25, 0.3) is 10.8 Å². The molecule has 144 valence electrons. The van der Waals surface area contributed by atoms with Crippen LogP contribution >= 0.6 is 0 Å². The standard InChI is InChI=1S/C19H22N2O6/c1-25-18(23)12-27-16-6-2-5-15-14(16)7-8-21(19(15)24)11-17(22)20-10-13-4-3-9-26-13/h2,5-8,13H,3-4,9-12H2,1H3,(H,20,22). The number of hydrogen-bond acceptors (Lipinski definition) is 6. The molecule has 8 nitrogen and oxygen atoms in total. The summed E-state index contributed by atoms with van der Waals surface area (Å²) in [5.74, 6) is -0.349. The second-order valence-electron chi connectivity index (χ2n) is 6.27. The summed E-state index contributed by atoms with van der Waals surface area (Å²) in [6, 6.07) is 6.68. The lowest BCUT2D eigenvalue weighted by atomic mass is 10.1. The van der Waals surface area contributed by atoms with Gasteiger partial charge in [-0.05, 0) is 31.0 Å². The molecule has 1 saturated heterocycles. The van der Waals surface area contributed by atoms with Crippen LogP contribution in [0.5, 0.6) is 5.75 Å². The maximum Gasteiger partial charge on any atom is 0.343 e. The predicted molar refractivity (Wildman–Crippen MR) is 97.7 cm³/mol. The average molecular weight is 374 g/mol. The van der Waals surface area contributed by atoms with E-state index in [9.17, 15) is 14.4 Å². The van der Waals surface area contributed by atoms with Crippen LogP contribution in [0.15, 0.2) is 35.3 Å². The van der Waals surface area contributed by atoms with Gasteiger partial charge < -0.3 is 24.1 Å². The van der Waals surface area contributed by atoms with Crippen molar-refractivity contribution in [2.75, 3.05) is 26.9 Å². The largest absolute Gasteiger partial charge is 0.481 e. The predicted octanol–water partition coefficient (Wildman–Crippen LogP) is 0.848. The molecule has 1 fully saturated rings. The van der Waals surface area contributed by atoms with E-state index in [0.717, 1.165) is 19.4 Å². The lowest BCUT2D eigenvalue weighted by molar-refractivity contribution is -0.142. The molecule has 0 saturated carbocycles. The SMILES string of the molecule is COC(=O)COc1cccc2c(=O)n(CC(=O)NCC3CCCO3)ccc12. The van der Waals surface area contributed by atoms with Crippen molar-refractivity contribution >= 4 is 22.6 Å². The number of fused-ring (bicyclic) bond motifs is 1. The summed E-state index contributed by atoms with van der Waals surface area (Å²) in [5, 5.41) is 3.78. The summed E-state index contributed by atoms with van der Waals surface area (Å²) >= 11 is 0. The van der Waals surface area contributed by atoms with Gasteiger partial charge in [0.2, 0.25) is 5.91 Å². The number of amides is 1. The minimum absolute atomic E-state index is 0.0526. The molecule has 1 aromatic carbocycles. The molecule has 8 heteroatoms. The fraction of sp³-hybridized carbons (Fsp3) is 0.421. The van der Waals surface area contributed by atoms with Crippen LogP contribution in [-0.2, 0) is 25.6 Å². The Bertz CT molecular complexity index is 885. The molecule has 27 heavy (non-hydrogen) atoms. The quantitative estimate of drug-likeness (QED) is 0.722. The minimum atomic E-state index is -0.511. The van der Waals surface area contributed by atoms with E-state index in [2.05, 4.69) is 10.1 Å². The van der Waals surface area contributed by atoms with Crippen molar-refractivity contribution in [3.05, 3.63) is 40.8 Å². The average Bonchev–Trinajstić information content (AvgIpc) is 3.20. The number of carbonyl (C=O) groups is 2. The lowest BCUT2D eigenvalue weighted by Crippen LogP contribution is -2.36. The van der Waals surface area contributed by atoms with Gasteiger partial charge in [0.25, 0.3) is 5.56 Å². The maximum atomic E-state index is 12.7. The van der Waals surface area contributed by atoms with Crippen molar-refractivity contribution in [3.8, 4) is 5.75 Å². The molecule has 0 spiro atoms. The van der Waals surface area contributed by atoms with Gasteiger partial charge >= 0.3 is 5.97 Å². The Hall–Kier alpha value is -2.87. The topological polar surface area (TPSA) is 95.9 Å². The maximum absolute atomic E-state index is 12.7. The molecule has 2 heterocycles. The Kier molecular flexibility index (Phi) is 6.08. The molecule has 1 aliphatic rings. The van der Waals surface area contributed by atoms with Crippen molar-refractivity contribution < 1.29 is 23.8 Å². The fourth-order valence-electron chi connectivity index (χ4n) is 2.98. The molecule has 2 aromatic rings. The monoisotopic (exact) mass is 374 g/mol. The van der Waals surface area contributed by atoms with Gasteiger partial charge in [0.1, 0.15) is 12.3 Å². The summed E-state index contributed by atoms with van der Waals surface area (Å²) in [4.78, 5) is 36.1. The van der Waals surface area contributed by atoms with E-state index in [1.165, 1.54) is 11.7 Å². The summed E-state index contributed by atoms with van der Waals surface area (Å²) in [5.41, 5.74) is -0.303. The molecule has 1 aliphatic heterocycles. The van der Waals surface area contributed by atoms with Crippen molar-refractivity contribution in [1.82, 2.24) is 9.88 Å². The van der Waals surface area contributed by atoms with Crippen LogP contribution in [0.2, 0.25) is 0 Å². The molecule has 1 N–H and O–H groups in total. The summed E-state index contributed by atoms with van der Waals surface area (Å²) in [6.07, 6.45) is 3.54. The number of carbonyl (C=O) groups excluding carboxylic acids is 2. The Labute approximate surface area is 156 Å². The molecule has 1 amide bonds. The normalized spacial score (nSPS) is 16.3. The number of aromatic nitrogens is 1. The number of pyridine rings is 1. The van der Waals surface area contributed by atoms with Crippen LogP contribution in [0.3, 0.4) is 0 Å². The Morgan fingerprint density at radius 1 is 1.30 bits per heavy atom. The first kappa shape index (κ1) is 18.9. The van der Waals surface area contributed by atoms with E-state index in [1.807, 2.05) is 0 Å². The Morgan fingerprint density at radius 3 is 2.89 bits per heavy atom. The van der Waals surface area contributed by atoms with Crippen LogP contribution in [0.4, 0.5) is 0 Å². The number of esters is 1. The van der Waals surface area contributed by atoms with Gasteiger partial charge in [0.05, 0.1) is 18.6 Å². The molecule has 1 aromatic heterocycles. The smallest absolute Gasteiger partial charge is 0.343 e. The molecule has 0 radical (unpaired) electrons. The van der Waals surface area contributed by atoms with Gasteiger partial charge in [-0.3, -0.25) is 9.59 Å². The van der Waals surface area contributed by atoms with E-state index in [4.69, 9.17) is 9.47 Å². The first-order valence-corrected chi connectivity index (χ1v) is 8.78. The Morgan fingerprint density at radius 2 is 2.15 bits per heavy atom. The van der Waals surface area contributed by atoms with E-state index in [0.29, 0.717) is 23.1 Å². The highest BCUT2D eigenvalue weighted by Crippen LogP contribution is 2.23. The number of nitrogens with one attached hydrogen (secondary N) is 1. The zero-order valence-corrected chi connectivity index (χ0v) is 15.1. The second kappa shape index (κ2) is 8.68. The first-order valence-electron chi connectivity index (χ1n) is 8.78. The van der Waals surface area contributed by atoms with Gasteiger partial charge in [0, 0.05) is 24.7 Å². The summed E-state index contributed by atoms with van der Waals surface area (Å²) < 4.78 is 16.8. The van der Waals surface area contributed by atoms with Crippen molar-refractivity contribution in [2.24, 2.45) is 0 Å². The number of ether oxygens (including phenoxy) is 3. The second-order valence-corrected chi connectivity index (χ2v) is 6.27. The molecular formula is C19H22N2O6. The summed E-state index contributed by atoms with van der Waals surface area (Å²) in [6.45, 7) is 0.858. The van der Waals surface area contributed by atoms with Gasteiger partial charge in [-0.25, -0.2) is 4.79 Å². The summed E-state index contributed by atoms with van der Waals surface area (Å²) in [7, 11) is 1.28. The Balaban J connectivity index is 1.71. The minimum Gasteiger partial charge on any atom is -0.481 e. The third kappa shape index (κ3) is 4.65. The number of rotatable bonds is 7. The van der Waals surface area contributed by atoms with Crippen LogP contribution < -0.4 is 15.6 Å². The van der Waals surface area contributed by atoms with Crippen LogP contribution in [0.1, 0.15) is 12.8 Å². The molecule has 0 bridgehead atoms. The van der Waals surface area contributed by atoms with Crippen molar-refractivity contribution in [3.63, 3.8) is 0 Å². The number of benzene rings is 1. The molecule has 1 atom stereocenters. The number of methoxy groups -OCH3 is 1. The third-order valence-corrected chi connectivity index (χ3v) is 4.42. The molecule has 3 rings (SSSR count). The van der Waals surface area contributed by atoms with E-state index >= 15 is 0 Å². The third-order valence-electron chi connectivity index (χ3n) is 4.42. The van der Waals surface area contributed by atoms with Gasteiger partial charge in [-0.15, -0.1) is 0 Å².